The fourth-order valence-electron chi connectivity index (χ4n) is 1.76. The molecule has 0 radical (unpaired) electrons. The molecule has 0 saturated heterocycles. The molecule has 110 valence electrons. The highest BCUT2D eigenvalue weighted by Crippen LogP contribution is 2.15. The number of benzene rings is 1. The summed E-state index contributed by atoms with van der Waals surface area (Å²) in [5, 5.41) is 11.3. The van der Waals surface area contributed by atoms with E-state index in [0.717, 1.165) is 0 Å². The molecular formula is C14H13ClN2O4. The van der Waals surface area contributed by atoms with Crippen LogP contribution in [-0.2, 0) is 6.54 Å². The van der Waals surface area contributed by atoms with Crippen molar-refractivity contribution in [3.8, 4) is 5.75 Å². The van der Waals surface area contributed by atoms with E-state index in [4.69, 9.17) is 16.3 Å². The molecule has 0 saturated carbocycles. The van der Waals surface area contributed by atoms with Gasteiger partial charge in [0.15, 0.2) is 0 Å². The van der Waals surface area contributed by atoms with Gasteiger partial charge in [0.1, 0.15) is 5.75 Å². The number of nitro groups is 1. The van der Waals surface area contributed by atoms with Crippen LogP contribution in [0.4, 0.5) is 5.69 Å². The number of hydrogen-bond acceptors (Lipinski definition) is 4. The monoisotopic (exact) mass is 308 g/mol. The lowest BCUT2D eigenvalue weighted by Crippen LogP contribution is -2.20. The van der Waals surface area contributed by atoms with Crippen molar-refractivity contribution in [1.29, 1.82) is 0 Å². The first-order chi connectivity index (χ1) is 10.1. The average molecular weight is 309 g/mol. The van der Waals surface area contributed by atoms with Gasteiger partial charge in [-0.05, 0) is 30.7 Å². The van der Waals surface area contributed by atoms with E-state index in [1.54, 1.807) is 24.3 Å². The molecule has 1 aromatic carbocycles. The van der Waals surface area contributed by atoms with E-state index in [1.807, 2.05) is 0 Å². The molecule has 0 atom stereocenters. The van der Waals surface area contributed by atoms with Crippen molar-refractivity contribution in [3.05, 3.63) is 68.1 Å². The molecule has 1 heterocycles. The minimum Gasteiger partial charge on any atom is -0.494 e. The smallest absolute Gasteiger partial charge is 0.285 e. The van der Waals surface area contributed by atoms with E-state index in [2.05, 4.69) is 0 Å². The highest BCUT2D eigenvalue weighted by molar-refractivity contribution is 6.30. The number of pyridine rings is 1. The second-order valence-corrected chi connectivity index (χ2v) is 4.77. The van der Waals surface area contributed by atoms with Gasteiger partial charge in [-0.25, -0.2) is 0 Å². The van der Waals surface area contributed by atoms with E-state index in [9.17, 15) is 14.9 Å². The molecule has 0 spiro atoms. The van der Waals surface area contributed by atoms with Gasteiger partial charge in [0.2, 0.25) is 0 Å². The molecule has 2 rings (SSSR count). The van der Waals surface area contributed by atoms with Gasteiger partial charge in [-0.1, -0.05) is 11.6 Å². The first kappa shape index (κ1) is 15.1. The molecular weight excluding hydrogens is 296 g/mol. The van der Waals surface area contributed by atoms with Crippen LogP contribution in [-0.4, -0.2) is 16.1 Å². The molecule has 1 aromatic heterocycles. The predicted octanol–water partition coefficient (Wildman–Crippen LogP) is 2.88. The van der Waals surface area contributed by atoms with Crippen LogP contribution in [0.5, 0.6) is 5.75 Å². The third-order valence-electron chi connectivity index (χ3n) is 2.80. The molecule has 0 aliphatic heterocycles. The summed E-state index contributed by atoms with van der Waals surface area (Å²) in [4.78, 5) is 21.7. The van der Waals surface area contributed by atoms with Gasteiger partial charge >= 0.3 is 0 Å². The van der Waals surface area contributed by atoms with E-state index in [-0.39, 0.29) is 11.2 Å². The summed E-state index contributed by atoms with van der Waals surface area (Å²) < 4.78 is 6.80. The number of halogens is 1. The minimum atomic E-state index is -0.528. The second kappa shape index (κ2) is 6.90. The van der Waals surface area contributed by atoms with Crippen LogP contribution >= 0.6 is 11.6 Å². The van der Waals surface area contributed by atoms with E-state index >= 15 is 0 Å². The van der Waals surface area contributed by atoms with Gasteiger partial charge in [-0.3, -0.25) is 14.9 Å². The van der Waals surface area contributed by atoms with Crippen molar-refractivity contribution < 1.29 is 9.66 Å². The number of aromatic nitrogens is 1. The molecule has 7 heteroatoms. The maximum Gasteiger partial charge on any atom is 0.285 e. The van der Waals surface area contributed by atoms with Crippen LogP contribution < -0.4 is 10.3 Å². The van der Waals surface area contributed by atoms with Gasteiger partial charge < -0.3 is 9.30 Å². The Morgan fingerprint density at radius 2 is 1.90 bits per heavy atom. The molecule has 0 amide bonds. The summed E-state index contributed by atoms with van der Waals surface area (Å²) in [5.41, 5.74) is -0.375. The Kier molecular flexibility index (Phi) is 4.94. The molecule has 0 aliphatic rings. The number of rotatable bonds is 6. The van der Waals surface area contributed by atoms with Gasteiger partial charge in [-0.2, -0.15) is 0 Å². The Hall–Kier alpha value is -2.34. The van der Waals surface area contributed by atoms with E-state index < -0.39 is 4.92 Å². The van der Waals surface area contributed by atoms with Gasteiger partial charge in [0.05, 0.1) is 17.7 Å². The van der Waals surface area contributed by atoms with Crippen molar-refractivity contribution in [2.24, 2.45) is 0 Å². The van der Waals surface area contributed by atoms with Gasteiger partial charge in [0, 0.05) is 23.7 Å². The summed E-state index contributed by atoms with van der Waals surface area (Å²) in [6.45, 7) is 0.755. The lowest BCUT2D eigenvalue weighted by Gasteiger charge is -2.07. The zero-order chi connectivity index (χ0) is 15.2. The Bertz CT molecular complexity index is 682. The Balaban J connectivity index is 1.88. The zero-order valence-corrected chi connectivity index (χ0v) is 11.8. The number of hydrogen-bond donors (Lipinski definition) is 0. The van der Waals surface area contributed by atoms with Gasteiger partial charge in [0.25, 0.3) is 11.2 Å². The first-order valence-corrected chi connectivity index (χ1v) is 6.67. The van der Waals surface area contributed by atoms with Crippen molar-refractivity contribution in [3.63, 3.8) is 0 Å². The highest BCUT2D eigenvalue weighted by Gasteiger charge is 2.07. The van der Waals surface area contributed by atoms with Crippen molar-refractivity contribution >= 4 is 17.3 Å². The lowest BCUT2D eigenvalue weighted by molar-refractivity contribution is -0.385. The Labute approximate surface area is 125 Å². The highest BCUT2D eigenvalue weighted by atomic mass is 35.5. The third kappa shape index (κ3) is 4.32. The standard InChI is InChI=1S/C14H13ClN2O4/c15-11-2-5-13(6-3-11)21-9-1-8-16-10-12(17(19)20)4-7-14(16)18/h2-7,10H,1,8-9H2. The number of aryl methyl sites for hydroxylation is 1. The van der Waals surface area contributed by atoms with Crippen LogP contribution in [0.2, 0.25) is 5.02 Å². The lowest BCUT2D eigenvalue weighted by atomic mass is 10.3. The second-order valence-electron chi connectivity index (χ2n) is 4.33. The third-order valence-corrected chi connectivity index (χ3v) is 3.06. The largest absolute Gasteiger partial charge is 0.494 e. The molecule has 0 aliphatic carbocycles. The molecule has 0 bridgehead atoms. The SMILES string of the molecule is O=c1ccc([N+](=O)[O-])cn1CCCOc1ccc(Cl)cc1. The van der Waals surface area contributed by atoms with Crippen molar-refractivity contribution in [2.45, 2.75) is 13.0 Å². The molecule has 2 aromatic rings. The molecule has 21 heavy (non-hydrogen) atoms. The molecule has 0 fully saturated rings. The van der Waals surface area contributed by atoms with Crippen LogP contribution in [0, 0.1) is 10.1 Å². The summed E-state index contributed by atoms with van der Waals surface area (Å²) in [6.07, 6.45) is 1.80. The maximum atomic E-state index is 11.6. The average Bonchev–Trinajstić information content (AvgIpc) is 2.47. The van der Waals surface area contributed by atoms with Crippen LogP contribution in [0.1, 0.15) is 6.42 Å². The van der Waals surface area contributed by atoms with Gasteiger partial charge in [-0.15, -0.1) is 0 Å². The fourth-order valence-corrected chi connectivity index (χ4v) is 1.88. The topological polar surface area (TPSA) is 74.4 Å². The summed E-state index contributed by atoms with van der Waals surface area (Å²) in [6, 6.07) is 9.34. The van der Waals surface area contributed by atoms with E-state index in [1.165, 1.54) is 22.9 Å². The normalized spacial score (nSPS) is 10.3. The molecule has 0 unspecified atom stereocenters. The maximum absolute atomic E-state index is 11.6. The van der Waals surface area contributed by atoms with Crippen LogP contribution in [0.15, 0.2) is 47.4 Å². The van der Waals surface area contributed by atoms with Crippen LogP contribution in [0.3, 0.4) is 0 Å². The first-order valence-electron chi connectivity index (χ1n) is 6.29. The fraction of sp³-hybridized carbons (Fsp3) is 0.214. The Morgan fingerprint density at radius 3 is 2.57 bits per heavy atom. The quantitative estimate of drug-likeness (QED) is 0.467. The van der Waals surface area contributed by atoms with Crippen molar-refractivity contribution in [1.82, 2.24) is 4.57 Å². The molecule has 0 N–H and O–H groups in total. The zero-order valence-electron chi connectivity index (χ0n) is 11.1. The number of nitrogens with zero attached hydrogens (tertiary/aromatic N) is 2. The molecule has 6 nitrogen and oxygen atoms in total. The van der Waals surface area contributed by atoms with Crippen LogP contribution in [0.25, 0.3) is 0 Å². The van der Waals surface area contributed by atoms with E-state index in [0.29, 0.717) is 30.3 Å². The summed E-state index contributed by atoms with van der Waals surface area (Å²) in [5.74, 6) is 0.686. The predicted molar refractivity (Wildman–Crippen MR) is 78.9 cm³/mol. The summed E-state index contributed by atoms with van der Waals surface area (Å²) in [7, 11) is 0. The minimum absolute atomic E-state index is 0.104. The van der Waals surface area contributed by atoms with Crippen molar-refractivity contribution in [2.75, 3.05) is 6.61 Å². The Morgan fingerprint density at radius 1 is 1.19 bits per heavy atom. The number of ether oxygens (including phenoxy) is 1. The summed E-state index contributed by atoms with van der Waals surface area (Å²) >= 11 is 5.76.